The molecule has 0 radical (unpaired) electrons. The topological polar surface area (TPSA) is 42.0 Å². The van der Waals surface area contributed by atoms with E-state index in [1.165, 1.54) is 5.56 Å². The SMILES string of the molecule is Cc1csc(SCc2ccc(C(=O)NCc3ccccc3)cc2)n1. The molecule has 5 heteroatoms. The van der Waals surface area contributed by atoms with Gasteiger partial charge in [-0.05, 0) is 30.2 Å². The molecule has 0 spiro atoms. The zero-order valence-corrected chi connectivity index (χ0v) is 15.0. The number of carbonyl (C=O) groups excluding carboxylic acids is 1. The highest BCUT2D eigenvalue weighted by Gasteiger charge is 2.06. The molecule has 0 fully saturated rings. The Morgan fingerprint density at radius 2 is 1.83 bits per heavy atom. The zero-order valence-electron chi connectivity index (χ0n) is 13.4. The van der Waals surface area contributed by atoms with Crippen molar-refractivity contribution in [1.29, 1.82) is 0 Å². The number of carbonyl (C=O) groups is 1. The highest BCUT2D eigenvalue weighted by atomic mass is 32.2. The number of nitrogens with zero attached hydrogens (tertiary/aromatic N) is 1. The normalized spacial score (nSPS) is 10.5. The lowest BCUT2D eigenvalue weighted by atomic mass is 10.1. The van der Waals surface area contributed by atoms with Gasteiger partial charge in [-0.15, -0.1) is 11.3 Å². The fourth-order valence-corrected chi connectivity index (χ4v) is 3.98. The number of aromatic nitrogens is 1. The maximum absolute atomic E-state index is 12.2. The number of thioether (sulfide) groups is 1. The number of thiazole rings is 1. The van der Waals surface area contributed by atoms with E-state index in [0.717, 1.165) is 21.3 Å². The number of hydrogen-bond donors (Lipinski definition) is 1. The van der Waals surface area contributed by atoms with E-state index in [1.807, 2.05) is 61.5 Å². The van der Waals surface area contributed by atoms with Gasteiger partial charge in [-0.25, -0.2) is 4.98 Å². The largest absolute Gasteiger partial charge is 0.348 e. The van der Waals surface area contributed by atoms with Gasteiger partial charge < -0.3 is 5.32 Å². The third-order valence-corrected chi connectivity index (χ3v) is 5.68. The van der Waals surface area contributed by atoms with Gasteiger partial charge in [0.25, 0.3) is 5.91 Å². The van der Waals surface area contributed by atoms with E-state index >= 15 is 0 Å². The van der Waals surface area contributed by atoms with Crippen LogP contribution in [0.5, 0.6) is 0 Å². The maximum atomic E-state index is 12.2. The minimum absolute atomic E-state index is 0.0476. The summed E-state index contributed by atoms with van der Waals surface area (Å²) in [7, 11) is 0. The molecule has 0 bridgehead atoms. The molecule has 0 aliphatic rings. The molecule has 1 N–H and O–H groups in total. The van der Waals surface area contributed by atoms with Crippen molar-refractivity contribution in [3.8, 4) is 0 Å². The van der Waals surface area contributed by atoms with Gasteiger partial charge in [-0.1, -0.05) is 54.2 Å². The van der Waals surface area contributed by atoms with Crippen LogP contribution in [0.2, 0.25) is 0 Å². The first-order valence-corrected chi connectivity index (χ1v) is 9.53. The second kappa shape index (κ2) is 8.13. The Kier molecular flexibility index (Phi) is 5.67. The summed E-state index contributed by atoms with van der Waals surface area (Å²) in [4.78, 5) is 16.6. The molecule has 0 saturated heterocycles. The van der Waals surface area contributed by atoms with E-state index in [4.69, 9.17) is 0 Å². The molecule has 3 rings (SSSR count). The monoisotopic (exact) mass is 354 g/mol. The average molecular weight is 354 g/mol. The highest BCUT2D eigenvalue weighted by Crippen LogP contribution is 2.26. The molecule has 2 aromatic carbocycles. The Bertz CT molecular complexity index is 798. The lowest BCUT2D eigenvalue weighted by Gasteiger charge is -2.06. The molecule has 3 nitrogen and oxygen atoms in total. The summed E-state index contributed by atoms with van der Waals surface area (Å²) in [5.74, 6) is 0.812. The number of benzene rings is 2. The van der Waals surface area contributed by atoms with Crippen molar-refractivity contribution in [3.05, 3.63) is 82.4 Å². The predicted molar refractivity (Wildman–Crippen MR) is 100 cm³/mol. The van der Waals surface area contributed by atoms with Crippen LogP contribution < -0.4 is 5.32 Å². The van der Waals surface area contributed by atoms with Gasteiger partial charge >= 0.3 is 0 Å². The minimum Gasteiger partial charge on any atom is -0.348 e. The molecule has 0 aliphatic carbocycles. The van der Waals surface area contributed by atoms with Gasteiger partial charge in [0.2, 0.25) is 0 Å². The molecule has 0 saturated carbocycles. The fraction of sp³-hybridized carbons (Fsp3) is 0.158. The molecule has 1 amide bonds. The van der Waals surface area contributed by atoms with Crippen LogP contribution in [-0.2, 0) is 12.3 Å². The smallest absolute Gasteiger partial charge is 0.251 e. The standard InChI is InChI=1S/C19H18N2OS2/c1-14-12-23-19(21-14)24-13-16-7-9-17(10-8-16)18(22)20-11-15-5-3-2-4-6-15/h2-10,12H,11,13H2,1H3,(H,20,22). The van der Waals surface area contributed by atoms with Crippen LogP contribution in [-0.4, -0.2) is 10.9 Å². The van der Waals surface area contributed by atoms with Crippen LogP contribution in [0.3, 0.4) is 0 Å². The number of rotatable bonds is 6. The molecule has 1 heterocycles. The van der Waals surface area contributed by atoms with Gasteiger partial charge in [0.15, 0.2) is 0 Å². The summed E-state index contributed by atoms with van der Waals surface area (Å²) >= 11 is 3.39. The molecule has 24 heavy (non-hydrogen) atoms. The van der Waals surface area contributed by atoms with Crippen molar-refractivity contribution >= 4 is 29.0 Å². The minimum atomic E-state index is -0.0476. The number of hydrogen-bond acceptors (Lipinski definition) is 4. The van der Waals surface area contributed by atoms with Crippen molar-refractivity contribution in [1.82, 2.24) is 10.3 Å². The molecule has 3 aromatic rings. The van der Waals surface area contributed by atoms with E-state index < -0.39 is 0 Å². The first-order chi connectivity index (χ1) is 11.7. The van der Waals surface area contributed by atoms with Crippen molar-refractivity contribution in [2.45, 2.75) is 23.6 Å². The summed E-state index contributed by atoms with van der Waals surface area (Å²) < 4.78 is 1.08. The lowest BCUT2D eigenvalue weighted by Crippen LogP contribution is -2.22. The Labute approximate surface area is 150 Å². The molecule has 1 aromatic heterocycles. The van der Waals surface area contributed by atoms with E-state index in [2.05, 4.69) is 15.7 Å². The summed E-state index contributed by atoms with van der Waals surface area (Å²) in [6.45, 7) is 2.55. The van der Waals surface area contributed by atoms with Crippen molar-refractivity contribution in [3.63, 3.8) is 0 Å². The van der Waals surface area contributed by atoms with Crippen molar-refractivity contribution in [2.24, 2.45) is 0 Å². The summed E-state index contributed by atoms with van der Waals surface area (Å²) in [5, 5.41) is 5.00. The lowest BCUT2D eigenvalue weighted by molar-refractivity contribution is 0.0951. The summed E-state index contributed by atoms with van der Waals surface area (Å²) in [6, 6.07) is 17.7. The first kappa shape index (κ1) is 16.7. The third kappa shape index (κ3) is 4.69. The Morgan fingerprint density at radius 1 is 1.08 bits per heavy atom. The molecule has 0 unspecified atom stereocenters. The summed E-state index contributed by atoms with van der Waals surface area (Å²) in [5.41, 5.74) is 4.03. The van der Waals surface area contributed by atoms with Crippen LogP contribution in [0.4, 0.5) is 0 Å². The van der Waals surface area contributed by atoms with E-state index in [-0.39, 0.29) is 5.91 Å². The maximum Gasteiger partial charge on any atom is 0.251 e. The number of aryl methyl sites for hydroxylation is 1. The fourth-order valence-electron chi connectivity index (χ4n) is 2.18. The third-order valence-electron chi connectivity index (χ3n) is 3.47. The van der Waals surface area contributed by atoms with E-state index in [9.17, 15) is 4.79 Å². The van der Waals surface area contributed by atoms with E-state index in [0.29, 0.717) is 12.1 Å². The van der Waals surface area contributed by atoms with Crippen LogP contribution in [0.15, 0.2) is 64.3 Å². The molecular formula is C19H18N2OS2. The van der Waals surface area contributed by atoms with Gasteiger partial charge in [-0.3, -0.25) is 4.79 Å². The van der Waals surface area contributed by atoms with Crippen molar-refractivity contribution < 1.29 is 4.79 Å². The first-order valence-electron chi connectivity index (χ1n) is 7.67. The van der Waals surface area contributed by atoms with E-state index in [1.54, 1.807) is 23.1 Å². The molecular weight excluding hydrogens is 336 g/mol. The van der Waals surface area contributed by atoms with Gasteiger partial charge in [0.1, 0.15) is 4.34 Å². The Hall–Kier alpha value is -2.11. The Morgan fingerprint density at radius 3 is 2.50 bits per heavy atom. The second-order valence-electron chi connectivity index (χ2n) is 5.41. The van der Waals surface area contributed by atoms with Crippen LogP contribution in [0.25, 0.3) is 0 Å². The van der Waals surface area contributed by atoms with Gasteiger partial charge in [0.05, 0.1) is 0 Å². The predicted octanol–water partition coefficient (Wildman–Crippen LogP) is 4.67. The average Bonchev–Trinajstić information content (AvgIpc) is 3.04. The summed E-state index contributed by atoms with van der Waals surface area (Å²) in [6.07, 6.45) is 0. The van der Waals surface area contributed by atoms with Gasteiger partial charge in [0, 0.05) is 28.9 Å². The second-order valence-corrected chi connectivity index (χ2v) is 7.49. The molecule has 0 aliphatic heterocycles. The zero-order chi connectivity index (χ0) is 16.8. The van der Waals surface area contributed by atoms with Gasteiger partial charge in [-0.2, -0.15) is 0 Å². The van der Waals surface area contributed by atoms with Crippen LogP contribution in [0, 0.1) is 6.92 Å². The highest BCUT2D eigenvalue weighted by molar-refractivity contribution is 8.00. The quantitative estimate of drug-likeness (QED) is 0.654. The molecule has 0 atom stereocenters. The molecule has 122 valence electrons. The number of amides is 1. The van der Waals surface area contributed by atoms with Crippen LogP contribution >= 0.6 is 23.1 Å². The van der Waals surface area contributed by atoms with Crippen molar-refractivity contribution in [2.75, 3.05) is 0 Å². The number of nitrogens with one attached hydrogen (secondary N) is 1. The van der Waals surface area contributed by atoms with Crippen LogP contribution in [0.1, 0.15) is 27.2 Å². The Balaban J connectivity index is 1.52.